The largest absolute Gasteiger partial charge is 0.466 e. The maximum Gasteiger partial charge on any atom is 0.314 e. The van der Waals surface area contributed by atoms with Crippen molar-refractivity contribution in [2.45, 2.75) is 26.2 Å². The molecule has 1 aliphatic rings. The molecule has 1 amide bonds. The van der Waals surface area contributed by atoms with Crippen LogP contribution in [0.5, 0.6) is 0 Å². The number of nitrogens with zero attached hydrogens (tertiary/aromatic N) is 1. The molecular formula is C18H24FNO3S. The van der Waals surface area contributed by atoms with Gasteiger partial charge in [0.2, 0.25) is 5.91 Å². The van der Waals surface area contributed by atoms with Gasteiger partial charge in [0, 0.05) is 13.1 Å². The number of piperidine rings is 1. The molecule has 4 nitrogen and oxygen atoms in total. The molecule has 0 spiro atoms. The summed E-state index contributed by atoms with van der Waals surface area (Å²) in [7, 11) is 0. The third-order valence-corrected chi connectivity index (χ3v) is 4.93. The summed E-state index contributed by atoms with van der Waals surface area (Å²) in [6, 6.07) is 6.48. The zero-order valence-electron chi connectivity index (χ0n) is 14.2. The van der Waals surface area contributed by atoms with Gasteiger partial charge in [-0.25, -0.2) is 4.39 Å². The van der Waals surface area contributed by atoms with Crippen molar-refractivity contribution in [1.82, 2.24) is 4.90 Å². The fourth-order valence-electron chi connectivity index (χ4n) is 3.23. The first-order valence-electron chi connectivity index (χ1n) is 8.20. The minimum Gasteiger partial charge on any atom is -0.466 e. The van der Waals surface area contributed by atoms with Gasteiger partial charge in [-0.15, -0.1) is 0 Å². The predicted octanol–water partition coefficient (Wildman–Crippen LogP) is 2.90. The molecule has 1 fully saturated rings. The summed E-state index contributed by atoms with van der Waals surface area (Å²) in [6.45, 7) is 2.96. The zero-order valence-corrected chi connectivity index (χ0v) is 15.0. The van der Waals surface area contributed by atoms with E-state index in [2.05, 4.69) is 0 Å². The van der Waals surface area contributed by atoms with Crippen LogP contribution in [-0.4, -0.2) is 48.5 Å². The Hall–Kier alpha value is -1.56. The molecular weight excluding hydrogens is 329 g/mol. The summed E-state index contributed by atoms with van der Waals surface area (Å²) in [6.07, 6.45) is 3.44. The lowest BCUT2D eigenvalue weighted by Gasteiger charge is -2.41. The highest BCUT2D eigenvalue weighted by molar-refractivity contribution is 7.99. The van der Waals surface area contributed by atoms with Crippen LogP contribution in [0.15, 0.2) is 24.3 Å². The minimum atomic E-state index is -0.871. The quantitative estimate of drug-likeness (QED) is 0.738. The number of hydrogen-bond acceptors (Lipinski definition) is 4. The zero-order chi connectivity index (χ0) is 17.6. The Morgan fingerprint density at radius 2 is 2.12 bits per heavy atom. The fourth-order valence-corrected chi connectivity index (χ4v) is 3.66. The van der Waals surface area contributed by atoms with E-state index < -0.39 is 5.41 Å². The van der Waals surface area contributed by atoms with Crippen LogP contribution in [0, 0.1) is 11.2 Å². The van der Waals surface area contributed by atoms with Gasteiger partial charge < -0.3 is 9.64 Å². The van der Waals surface area contributed by atoms with Crippen LogP contribution in [0.25, 0.3) is 0 Å². The third kappa shape index (κ3) is 4.29. The average Bonchev–Trinajstić information content (AvgIpc) is 2.57. The number of esters is 1. The lowest BCUT2D eigenvalue weighted by Crippen LogP contribution is -2.52. The van der Waals surface area contributed by atoms with Gasteiger partial charge >= 0.3 is 5.97 Å². The number of rotatable bonds is 6. The van der Waals surface area contributed by atoms with Crippen LogP contribution in [-0.2, 0) is 20.7 Å². The van der Waals surface area contributed by atoms with Crippen molar-refractivity contribution in [1.29, 1.82) is 0 Å². The van der Waals surface area contributed by atoms with E-state index in [0.717, 1.165) is 0 Å². The van der Waals surface area contributed by atoms with Crippen LogP contribution in [0.2, 0.25) is 0 Å². The lowest BCUT2D eigenvalue weighted by molar-refractivity contribution is -0.160. The molecule has 0 aliphatic carbocycles. The molecule has 1 saturated heterocycles. The number of ether oxygens (including phenoxy) is 1. The summed E-state index contributed by atoms with van der Waals surface area (Å²) in [4.78, 5) is 26.7. The van der Waals surface area contributed by atoms with Crippen LogP contribution in [0.1, 0.15) is 25.3 Å². The predicted molar refractivity (Wildman–Crippen MR) is 93.4 cm³/mol. The van der Waals surface area contributed by atoms with E-state index in [1.54, 1.807) is 30.0 Å². The topological polar surface area (TPSA) is 46.6 Å². The van der Waals surface area contributed by atoms with E-state index in [1.165, 1.54) is 17.8 Å². The van der Waals surface area contributed by atoms with Crippen molar-refractivity contribution < 1.29 is 18.7 Å². The van der Waals surface area contributed by atoms with Gasteiger partial charge in [-0.05, 0) is 44.1 Å². The number of carbonyl (C=O) groups is 2. The Kier molecular flexibility index (Phi) is 6.66. The Labute approximate surface area is 146 Å². The SMILES string of the molecule is CCOC(=O)[C@]1(Cc2ccccc2F)CCCN(C(=O)CSC)C1. The molecule has 1 aromatic carbocycles. The second kappa shape index (κ2) is 8.51. The van der Waals surface area contributed by atoms with E-state index in [4.69, 9.17) is 4.74 Å². The molecule has 0 aromatic heterocycles. The molecule has 0 saturated carbocycles. The Balaban J connectivity index is 2.28. The highest BCUT2D eigenvalue weighted by Gasteiger charge is 2.45. The number of carbonyl (C=O) groups excluding carboxylic acids is 2. The fraction of sp³-hybridized carbons (Fsp3) is 0.556. The smallest absolute Gasteiger partial charge is 0.314 e. The summed E-state index contributed by atoms with van der Waals surface area (Å²) < 4.78 is 19.4. The molecule has 1 heterocycles. The molecule has 24 heavy (non-hydrogen) atoms. The molecule has 1 aromatic rings. The maximum absolute atomic E-state index is 14.1. The van der Waals surface area contributed by atoms with Gasteiger partial charge in [-0.1, -0.05) is 18.2 Å². The van der Waals surface area contributed by atoms with Crippen molar-refractivity contribution >= 4 is 23.6 Å². The monoisotopic (exact) mass is 353 g/mol. The van der Waals surface area contributed by atoms with Crippen molar-refractivity contribution in [2.75, 3.05) is 31.7 Å². The highest BCUT2D eigenvalue weighted by Crippen LogP contribution is 2.36. The first-order valence-corrected chi connectivity index (χ1v) is 9.59. The number of benzene rings is 1. The van der Waals surface area contributed by atoms with E-state index in [1.807, 2.05) is 6.26 Å². The van der Waals surface area contributed by atoms with Gasteiger partial charge in [0.15, 0.2) is 0 Å². The molecule has 0 unspecified atom stereocenters. The first kappa shape index (κ1) is 18.8. The first-order chi connectivity index (χ1) is 11.5. The van der Waals surface area contributed by atoms with Crippen molar-refractivity contribution in [2.24, 2.45) is 5.41 Å². The molecule has 1 atom stereocenters. The summed E-state index contributed by atoms with van der Waals surface area (Å²) in [5.74, 6) is -0.258. The van der Waals surface area contributed by atoms with Crippen LogP contribution in [0.4, 0.5) is 4.39 Å². The molecule has 6 heteroatoms. The number of halogens is 1. The average molecular weight is 353 g/mol. The van der Waals surface area contributed by atoms with Crippen LogP contribution < -0.4 is 0 Å². The molecule has 132 valence electrons. The van der Waals surface area contributed by atoms with E-state index in [9.17, 15) is 14.0 Å². The second-order valence-electron chi connectivity index (χ2n) is 6.12. The summed E-state index contributed by atoms with van der Waals surface area (Å²) in [5.41, 5.74) is -0.380. The normalized spacial score (nSPS) is 20.7. The van der Waals surface area contributed by atoms with Gasteiger partial charge in [0.05, 0.1) is 17.8 Å². The number of hydrogen-bond donors (Lipinski definition) is 0. The number of amides is 1. The molecule has 2 rings (SSSR count). The molecule has 0 radical (unpaired) electrons. The van der Waals surface area contributed by atoms with Crippen LogP contribution in [0.3, 0.4) is 0 Å². The molecule has 1 aliphatic heterocycles. The number of likely N-dealkylation sites (tertiary alicyclic amines) is 1. The maximum atomic E-state index is 14.1. The third-order valence-electron chi connectivity index (χ3n) is 4.39. The summed E-state index contributed by atoms with van der Waals surface area (Å²) >= 11 is 1.46. The van der Waals surface area contributed by atoms with Gasteiger partial charge in [-0.2, -0.15) is 11.8 Å². The standard InChI is InChI=1S/C18H24FNO3S/c1-3-23-17(22)18(11-14-7-4-5-8-15(14)19)9-6-10-20(13-18)16(21)12-24-2/h4-5,7-8H,3,6,9-13H2,1-2H3/t18-/m0/s1. The highest BCUT2D eigenvalue weighted by atomic mass is 32.2. The molecule has 0 N–H and O–H groups in total. The van der Waals surface area contributed by atoms with E-state index >= 15 is 0 Å². The van der Waals surface area contributed by atoms with Crippen LogP contribution >= 0.6 is 11.8 Å². The summed E-state index contributed by atoms with van der Waals surface area (Å²) in [5, 5.41) is 0. The second-order valence-corrected chi connectivity index (χ2v) is 6.99. The Morgan fingerprint density at radius 3 is 2.79 bits per heavy atom. The van der Waals surface area contributed by atoms with Crippen molar-refractivity contribution in [3.05, 3.63) is 35.6 Å². The van der Waals surface area contributed by atoms with Crippen molar-refractivity contribution in [3.8, 4) is 0 Å². The minimum absolute atomic E-state index is 0.0180. The lowest BCUT2D eigenvalue weighted by atomic mass is 9.75. The van der Waals surface area contributed by atoms with Crippen molar-refractivity contribution in [3.63, 3.8) is 0 Å². The Morgan fingerprint density at radius 1 is 1.38 bits per heavy atom. The van der Waals surface area contributed by atoms with E-state index in [-0.39, 0.29) is 30.7 Å². The van der Waals surface area contributed by atoms with Gasteiger partial charge in [0.25, 0.3) is 0 Å². The van der Waals surface area contributed by atoms with Gasteiger partial charge in [0.1, 0.15) is 5.82 Å². The van der Waals surface area contributed by atoms with E-state index in [0.29, 0.717) is 37.2 Å². The van der Waals surface area contributed by atoms with Gasteiger partial charge in [-0.3, -0.25) is 9.59 Å². The Bertz CT molecular complexity index is 595. The number of thioether (sulfide) groups is 1. The molecule has 0 bridgehead atoms.